The second-order valence-electron chi connectivity index (χ2n) is 1.38. The van der Waals surface area contributed by atoms with Crippen LogP contribution in [-0.2, 0) is 25.0 Å². The van der Waals surface area contributed by atoms with Crippen molar-refractivity contribution in [1.29, 1.82) is 0 Å². The first-order valence-electron chi connectivity index (χ1n) is 1.94. The Labute approximate surface area is 49.8 Å². The lowest BCUT2D eigenvalue weighted by Gasteiger charge is -1.95. The van der Waals surface area contributed by atoms with Crippen molar-refractivity contribution >= 4 is 20.8 Å². The van der Waals surface area contributed by atoms with Crippen LogP contribution in [0.4, 0.5) is 0 Å². The van der Waals surface area contributed by atoms with E-state index in [1.165, 1.54) is 0 Å². The van der Waals surface area contributed by atoms with Crippen LogP contribution in [0.3, 0.4) is 0 Å². The number of hydrogen-bond donors (Lipinski definition) is 1. The van der Waals surface area contributed by atoms with Crippen LogP contribution in [0, 0.1) is 0 Å². The van der Waals surface area contributed by atoms with Crippen molar-refractivity contribution in [3.63, 3.8) is 0 Å². The average Bonchev–Trinajstić information content (AvgIpc) is 1.27. The zero-order valence-corrected chi connectivity index (χ0v) is 5.96. The Bertz CT molecular complexity index is 97.5. The topological polar surface area (TPSA) is 26.3 Å². The Hall–Kier alpha value is 0.330. The van der Waals surface area contributed by atoms with Crippen LogP contribution < -0.4 is 0 Å². The summed E-state index contributed by atoms with van der Waals surface area (Å²) in [5.41, 5.74) is 0. The molecular formula is C3H8O2S2. The van der Waals surface area contributed by atoms with Gasteiger partial charge in [-0.3, -0.25) is 4.18 Å². The van der Waals surface area contributed by atoms with Gasteiger partial charge >= 0.3 is 0 Å². The van der Waals surface area contributed by atoms with E-state index >= 15 is 0 Å². The highest BCUT2D eigenvalue weighted by Gasteiger charge is 1.87. The standard InChI is InChI=1S/C3H8O2S2/c1-3(2)5-7(4)6/h3,7H,1-2H3. The molecule has 1 unspecified atom stereocenters. The molecule has 0 rings (SSSR count). The Morgan fingerprint density at radius 1 is 1.71 bits per heavy atom. The monoisotopic (exact) mass is 140 g/mol. The highest BCUT2D eigenvalue weighted by atomic mass is 32.8. The highest BCUT2D eigenvalue weighted by Crippen LogP contribution is 1.84. The number of rotatable bonds is 2. The Morgan fingerprint density at radius 3 is 2.14 bits per heavy atom. The van der Waals surface area contributed by atoms with E-state index in [4.69, 9.17) is 0 Å². The molecule has 0 radical (unpaired) electrons. The van der Waals surface area contributed by atoms with Gasteiger partial charge in [0.1, 0.15) is 9.64 Å². The van der Waals surface area contributed by atoms with Gasteiger partial charge in [0.25, 0.3) is 0 Å². The van der Waals surface area contributed by atoms with Crippen LogP contribution in [0.15, 0.2) is 0 Å². The molecule has 4 heteroatoms. The zero-order chi connectivity index (χ0) is 5.86. The smallest absolute Gasteiger partial charge is 0.133 e. The average molecular weight is 140 g/mol. The van der Waals surface area contributed by atoms with Crippen LogP contribution in [0.2, 0.25) is 0 Å². The third-order valence-electron chi connectivity index (χ3n) is 0.297. The van der Waals surface area contributed by atoms with Gasteiger partial charge in [0.2, 0.25) is 0 Å². The van der Waals surface area contributed by atoms with Crippen LogP contribution in [0.1, 0.15) is 13.8 Å². The molecule has 0 aromatic carbocycles. The molecule has 0 saturated carbocycles. The second kappa shape index (κ2) is 3.35. The molecule has 0 bridgehead atoms. The van der Waals surface area contributed by atoms with Crippen LogP contribution in [-0.4, -0.2) is 10.3 Å². The van der Waals surface area contributed by atoms with Gasteiger partial charge in [-0.25, -0.2) is 4.21 Å². The van der Waals surface area contributed by atoms with Gasteiger partial charge in [-0.2, -0.15) is 0 Å². The predicted molar refractivity (Wildman–Crippen MR) is 33.1 cm³/mol. The normalized spacial score (nSPS) is 14.7. The summed E-state index contributed by atoms with van der Waals surface area (Å²) >= 11 is 4.24. The third kappa shape index (κ3) is 6.33. The fourth-order valence-corrected chi connectivity index (χ4v) is 1.03. The van der Waals surface area contributed by atoms with Crippen LogP contribution in [0.5, 0.6) is 0 Å². The molecule has 0 amide bonds. The molecule has 44 valence electrons. The summed E-state index contributed by atoms with van der Waals surface area (Å²) in [6, 6.07) is 0. The van der Waals surface area contributed by atoms with E-state index in [9.17, 15) is 4.21 Å². The molecule has 0 aliphatic heterocycles. The maximum Gasteiger partial charge on any atom is 0.133 e. The van der Waals surface area contributed by atoms with Crippen molar-refractivity contribution in [1.82, 2.24) is 0 Å². The molecule has 7 heavy (non-hydrogen) atoms. The fraction of sp³-hybridized carbons (Fsp3) is 1.00. The first-order valence-corrected chi connectivity index (χ1v) is 4.13. The molecule has 0 fully saturated rings. The zero-order valence-electron chi connectivity index (χ0n) is 4.25. The molecule has 0 spiro atoms. The molecule has 1 atom stereocenters. The van der Waals surface area contributed by atoms with Crippen molar-refractivity contribution in [3.05, 3.63) is 0 Å². The minimum absolute atomic E-state index is 0.0129. The van der Waals surface area contributed by atoms with E-state index in [2.05, 4.69) is 15.4 Å². The summed E-state index contributed by atoms with van der Waals surface area (Å²) < 4.78 is 14.6. The summed E-state index contributed by atoms with van der Waals surface area (Å²) in [7, 11) is -1.81. The summed E-state index contributed by atoms with van der Waals surface area (Å²) in [4.78, 5) is 0. The first kappa shape index (κ1) is 7.33. The van der Waals surface area contributed by atoms with Gasteiger partial charge in [-0.15, -0.1) is 0 Å². The van der Waals surface area contributed by atoms with Gasteiger partial charge in [-0.1, -0.05) is 0 Å². The highest BCUT2D eigenvalue weighted by molar-refractivity contribution is 8.19. The lowest BCUT2D eigenvalue weighted by molar-refractivity contribution is 0.277. The predicted octanol–water partition coefficient (Wildman–Crippen LogP) is 0.269. The summed E-state index contributed by atoms with van der Waals surface area (Å²) in [6.07, 6.45) is -0.0129. The summed E-state index contributed by atoms with van der Waals surface area (Å²) in [6.45, 7) is 3.58. The van der Waals surface area contributed by atoms with Gasteiger partial charge in [0, 0.05) is 11.2 Å². The second-order valence-corrected chi connectivity index (χ2v) is 2.93. The maximum atomic E-state index is 9.99. The lowest BCUT2D eigenvalue weighted by atomic mass is 10.5. The van der Waals surface area contributed by atoms with E-state index < -0.39 is 9.64 Å². The first-order chi connectivity index (χ1) is 3.13. The number of hydrogen-bond acceptors (Lipinski definition) is 3. The lowest BCUT2D eigenvalue weighted by Crippen LogP contribution is -1.98. The molecule has 2 nitrogen and oxygen atoms in total. The van der Waals surface area contributed by atoms with Crippen molar-refractivity contribution in [3.8, 4) is 0 Å². The third-order valence-corrected chi connectivity index (χ3v) is 1.15. The Morgan fingerprint density at radius 2 is 2.14 bits per heavy atom. The SMILES string of the molecule is CC(C)O[SH](=O)=S. The van der Waals surface area contributed by atoms with E-state index in [-0.39, 0.29) is 6.10 Å². The van der Waals surface area contributed by atoms with E-state index in [1.54, 1.807) is 13.8 Å². The molecule has 0 heterocycles. The van der Waals surface area contributed by atoms with Gasteiger partial charge in [-0.05, 0) is 13.8 Å². The van der Waals surface area contributed by atoms with Crippen molar-refractivity contribution in [2.45, 2.75) is 20.0 Å². The minimum Gasteiger partial charge on any atom is -0.289 e. The van der Waals surface area contributed by atoms with Crippen LogP contribution in [0.25, 0.3) is 0 Å². The van der Waals surface area contributed by atoms with Gasteiger partial charge < -0.3 is 0 Å². The van der Waals surface area contributed by atoms with Crippen LogP contribution >= 0.6 is 0 Å². The Kier molecular flexibility index (Phi) is 3.50. The molecule has 0 aliphatic rings. The van der Waals surface area contributed by atoms with Crippen molar-refractivity contribution < 1.29 is 8.39 Å². The van der Waals surface area contributed by atoms with Gasteiger partial charge in [0.15, 0.2) is 0 Å². The largest absolute Gasteiger partial charge is 0.289 e. The van der Waals surface area contributed by atoms with Crippen molar-refractivity contribution in [2.75, 3.05) is 0 Å². The molecular weight excluding hydrogens is 132 g/mol. The molecule has 0 saturated heterocycles. The Balaban J connectivity index is 3.32. The molecule has 0 aliphatic carbocycles. The fourth-order valence-electron chi connectivity index (χ4n) is 0.172. The molecule has 0 aromatic heterocycles. The molecule has 0 N–H and O–H groups in total. The minimum atomic E-state index is -1.81. The van der Waals surface area contributed by atoms with E-state index in [0.29, 0.717) is 0 Å². The quantitative estimate of drug-likeness (QED) is 0.558. The van der Waals surface area contributed by atoms with E-state index in [1.807, 2.05) is 0 Å². The van der Waals surface area contributed by atoms with E-state index in [0.717, 1.165) is 0 Å². The summed E-state index contributed by atoms with van der Waals surface area (Å²) in [5.74, 6) is 0. The molecule has 0 aromatic rings. The maximum absolute atomic E-state index is 9.99. The summed E-state index contributed by atoms with van der Waals surface area (Å²) in [5, 5.41) is 0. The van der Waals surface area contributed by atoms with Crippen molar-refractivity contribution in [2.24, 2.45) is 0 Å². The number of thiol groups is 1. The van der Waals surface area contributed by atoms with Gasteiger partial charge in [0.05, 0.1) is 6.10 Å².